The molecule has 0 spiro atoms. The zero-order valence-corrected chi connectivity index (χ0v) is 25.5. The van der Waals surface area contributed by atoms with Crippen LogP contribution in [0.3, 0.4) is 0 Å². The highest BCUT2D eigenvalue weighted by atomic mass is 16.7. The smallest absolute Gasteiger partial charge is 0.450 e. The Morgan fingerprint density at radius 1 is 0.632 bits per heavy atom. The third-order valence-corrected chi connectivity index (χ3v) is 7.08. The average molecular weight is 534 g/mol. The second-order valence-electron chi connectivity index (χ2n) is 11.1. The Morgan fingerprint density at radius 3 is 1.53 bits per heavy atom. The van der Waals surface area contributed by atoms with E-state index in [9.17, 15) is 4.79 Å². The molecule has 0 radical (unpaired) electrons. The summed E-state index contributed by atoms with van der Waals surface area (Å²) < 4.78 is 5.18. The highest BCUT2D eigenvalue weighted by Gasteiger charge is 2.13. The van der Waals surface area contributed by atoms with E-state index in [0.29, 0.717) is 0 Å². The lowest BCUT2D eigenvalue weighted by atomic mass is 10.0. The van der Waals surface area contributed by atoms with Crippen molar-refractivity contribution in [3.63, 3.8) is 0 Å². The maximum Gasteiger partial charge on any atom is 0.506 e. The van der Waals surface area contributed by atoms with Gasteiger partial charge in [-0.15, -0.1) is 0 Å². The van der Waals surface area contributed by atoms with E-state index >= 15 is 0 Å². The van der Waals surface area contributed by atoms with E-state index < -0.39 is 6.16 Å². The molecule has 0 saturated carbocycles. The lowest BCUT2D eigenvalue weighted by Crippen LogP contribution is -2.16. The van der Waals surface area contributed by atoms with Crippen molar-refractivity contribution in [2.75, 3.05) is 20.6 Å². The number of unbranched alkanes of at least 4 members (excludes halogenated alkanes) is 15. The summed E-state index contributed by atoms with van der Waals surface area (Å²) >= 11 is 0. The Balaban J connectivity index is 3.61. The van der Waals surface area contributed by atoms with Gasteiger partial charge in [0.2, 0.25) is 0 Å². The number of carbonyl (C=O) groups is 1. The first-order chi connectivity index (χ1) is 18.6. The zero-order chi connectivity index (χ0) is 27.9. The van der Waals surface area contributed by atoms with Crippen LogP contribution in [0.25, 0.3) is 0 Å². The van der Waals surface area contributed by atoms with Crippen LogP contribution in [0.15, 0.2) is 36.5 Å². The standard InChI is InChI=1S/C34H63NO3/c1-4-5-6-7-8-9-10-11-12-13-15-18-21-24-27-30-33(38-34(36)37)31-28-25-22-19-16-14-17-20-23-26-29-32-35(2)3/h5-6,8-9,11-12,33H,4,7,10,13-32H2,1-3H3,(H,36,37)/b6-5-,9-8-,12-11-. The van der Waals surface area contributed by atoms with Crippen LogP contribution in [-0.2, 0) is 4.74 Å². The quantitative estimate of drug-likeness (QED) is 0.0617. The van der Waals surface area contributed by atoms with Gasteiger partial charge in [-0.1, -0.05) is 120 Å². The molecule has 0 aromatic rings. The van der Waals surface area contributed by atoms with E-state index in [1.807, 2.05) is 0 Å². The molecule has 0 aliphatic carbocycles. The first-order valence-electron chi connectivity index (χ1n) is 16.1. The molecule has 222 valence electrons. The monoisotopic (exact) mass is 533 g/mol. The Morgan fingerprint density at radius 2 is 1.05 bits per heavy atom. The van der Waals surface area contributed by atoms with E-state index in [-0.39, 0.29) is 6.10 Å². The molecule has 0 aromatic heterocycles. The number of carboxylic acid groups (broad SMARTS) is 1. The third-order valence-electron chi connectivity index (χ3n) is 7.08. The average Bonchev–Trinajstić information content (AvgIpc) is 2.88. The van der Waals surface area contributed by atoms with Crippen LogP contribution in [0.5, 0.6) is 0 Å². The first kappa shape index (κ1) is 36.5. The number of allylic oxidation sites excluding steroid dienone is 6. The maximum absolute atomic E-state index is 11.1. The number of rotatable bonds is 28. The number of ether oxygens (including phenoxy) is 1. The van der Waals surface area contributed by atoms with Gasteiger partial charge >= 0.3 is 6.16 Å². The van der Waals surface area contributed by atoms with Crippen molar-refractivity contribution in [1.82, 2.24) is 4.90 Å². The summed E-state index contributed by atoms with van der Waals surface area (Å²) in [6.07, 6.45) is 38.7. The fourth-order valence-electron chi connectivity index (χ4n) is 4.79. The van der Waals surface area contributed by atoms with Gasteiger partial charge in [0.05, 0.1) is 0 Å². The normalized spacial score (nSPS) is 12.9. The Bertz CT molecular complexity index is 582. The maximum atomic E-state index is 11.1. The zero-order valence-electron chi connectivity index (χ0n) is 25.5. The van der Waals surface area contributed by atoms with Crippen molar-refractivity contribution >= 4 is 6.16 Å². The van der Waals surface area contributed by atoms with Crippen LogP contribution < -0.4 is 0 Å². The molecule has 38 heavy (non-hydrogen) atoms. The summed E-state index contributed by atoms with van der Waals surface area (Å²) in [5, 5.41) is 9.09. The van der Waals surface area contributed by atoms with Gasteiger partial charge in [-0.3, -0.25) is 0 Å². The fourth-order valence-corrected chi connectivity index (χ4v) is 4.79. The largest absolute Gasteiger partial charge is 0.506 e. The highest BCUT2D eigenvalue weighted by Crippen LogP contribution is 2.17. The molecule has 0 aromatic carbocycles. The second kappa shape index (κ2) is 30.0. The van der Waals surface area contributed by atoms with Gasteiger partial charge in [0.25, 0.3) is 0 Å². The van der Waals surface area contributed by atoms with Crippen LogP contribution in [0.4, 0.5) is 4.79 Å². The predicted molar refractivity (Wildman–Crippen MR) is 166 cm³/mol. The summed E-state index contributed by atoms with van der Waals surface area (Å²) in [4.78, 5) is 13.4. The van der Waals surface area contributed by atoms with Crippen molar-refractivity contribution in [3.05, 3.63) is 36.5 Å². The summed E-state index contributed by atoms with van der Waals surface area (Å²) in [5.41, 5.74) is 0. The molecule has 0 rings (SSSR count). The molecule has 1 atom stereocenters. The minimum Gasteiger partial charge on any atom is -0.450 e. The molecule has 0 aliphatic rings. The third kappa shape index (κ3) is 30.7. The lowest BCUT2D eigenvalue weighted by molar-refractivity contribution is 0.0422. The lowest BCUT2D eigenvalue weighted by Gasteiger charge is -2.16. The molecular formula is C34H63NO3. The van der Waals surface area contributed by atoms with Gasteiger partial charge in [-0.05, 0) is 84.8 Å². The van der Waals surface area contributed by atoms with Crippen LogP contribution in [0, 0.1) is 0 Å². The molecule has 0 amide bonds. The van der Waals surface area contributed by atoms with E-state index in [4.69, 9.17) is 9.84 Å². The first-order valence-corrected chi connectivity index (χ1v) is 16.1. The van der Waals surface area contributed by atoms with Gasteiger partial charge in [-0.25, -0.2) is 4.79 Å². The van der Waals surface area contributed by atoms with Gasteiger partial charge in [0, 0.05) is 0 Å². The van der Waals surface area contributed by atoms with Crippen molar-refractivity contribution in [3.8, 4) is 0 Å². The molecule has 0 aliphatic heterocycles. The Hall–Kier alpha value is -1.55. The number of nitrogens with zero attached hydrogens (tertiary/aromatic N) is 1. The minimum absolute atomic E-state index is 0.117. The molecule has 1 N–H and O–H groups in total. The van der Waals surface area contributed by atoms with Crippen LogP contribution in [-0.4, -0.2) is 42.9 Å². The van der Waals surface area contributed by atoms with E-state index in [2.05, 4.69) is 62.4 Å². The van der Waals surface area contributed by atoms with E-state index in [1.165, 1.54) is 96.4 Å². The molecule has 4 nitrogen and oxygen atoms in total. The van der Waals surface area contributed by atoms with E-state index in [1.54, 1.807) is 0 Å². The molecular weight excluding hydrogens is 470 g/mol. The Kier molecular flexibility index (Phi) is 28.8. The molecule has 0 heterocycles. The van der Waals surface area contributed by atoms with Gasteiger partial charge < -0.3 is 14.7 Å². The molecule has 1 unspecified atom stereocenters. The van der Waals surface area contributed by atoms with Crippen molar-refractivity contribution in [2.24, 2.45) is 0 Å². The van der Waals surface area contributed by atoms with Crippen molar-refractivity contribution < 1.29 is 14.6 Å². The van der Waals surface area contributed by atoms with Crippen molar-refractivity contribution in [2.45, 2.75) is 154 Å². The second-order valence-corrected chi connectivity index (χ2v) is 11.1. The summed E-state index contributed by atoms with van der Waals surface area (Å²) in [6, 6.07) is 0. The van der Waals surface area contributed by atoms with Crippen LogP contribution in [0.2, 0.25) is 0 Å². The molecule has 0 fully saturated rings. The minimum atomic E-state index is -1.12. The predicted octanol–water partition coefficient (Wildman–Crippen LogP) is 10.9. The van der Waals surface area contributed by atoms with Crippen molar-refractivity contribution in [1.29, 1.82) is 0 Å². The summed E-state index contributed by atoms with van der Waals surface area (Å²) in [7, 11) is 4.30. The Labute approximate surface area is 237 Å². The SMILES string of the molecule is CC/C=C\C/C=C\C/C=C\CCCCCCCC(CCCCCCCCCCCCCN(C)C)OC(=O)O. The van der Waals surface area contributed by atoms with Gasteiger partial charge in [0.15, 0.2) is 0 Å². The summed E-state index contributed by atoms with van der Waals surface area (Å²) in [5.74, 6) is 0. The fraction of sp³-hybridized carbons (Fsp3) is 0.794. The molecule has 4 heteroatoms. The summed E-state index contributed by atoms with van der Waals surface area (Å²) in [6.45, 7) is 3.38. The van der Waals surface area contributed by atoms with Gasteiger partial charge in [-0.2, -0.15) is 0 Å². The molecule has 0 saturated heterocycles. The topological polar surface area (TPSA) is 49.8 Å². The number of hydrogen-bond donors (Lipinski definition) is 1. The van der Waals surface area contributed by atoms with E-state index in [0.717, 1.165) is 51.4 Å². The highest BCUT2D eigenvalue weighted by molar-refractivity contribution is 5.57. The van der Waals surface area contributed by atoms with Gasteiger partial charge in [0.1, 0.15) is 6.10 Å². The number of hydrogen-bond acceptors (Lipinski definition) is 3. The molecule has 0 bridgehead atoms. The van der Waals surface area contributed by atoms with Crippen LogP contribution in [0.1, 0.15) is 148 Å². The van der Waals surface area contributed by atoms with Crippen LogP contribution >= 0.6 is 0 Å².